The van der Waals surface area contributed by atoms with Gasteiger partial charge in [-0.1, -0.05) is 30.3 Å². The topological polar surface area (TPSA) is 93.3 Å². The van der Waals surface area contributed by atoms with E-state index in [1.165, 1.54) is 13.8 Å². The van der Waals surface area contributed by atoms with Crippen LogP contribution in [0.15, 0.2) is 30.3 Å². The highest BCUT2D eigenvalue weighted by molar-refractivity contribution is 6.05. The molecule has 0 bridgehead atoms. The van der Waals surface area contributed by atoms with Crippen molar-refractivity contribution in [3.63, 3.8) is 0 Å². The van der Waals surface area contributed by atoms with Crippen molar-refractivity contribution in [3.8, 4) is 0 Å². The molecule has 0 unspecified atom stereocenters. The number of nitrogens with one attached hydrogen (secondary N) is 1. The van der Waals surface area contributed by atoms with Crippen molar-refractivity contribution in [1.29, 1.82) is 0 Å². The van der Waals surface area contributed by atoms with Gasteiger partial charge in [-0.25, -0.2) is 0 Å². The lowest BCUT2D eigenvalue weighted by Gasteiger charge is -2.12. The molecular weight excluding hydrogens is 346 g/mol. The third kappa shape index (κ3) is 4.78. The lowest BCUT2D eigenvalue weighted by atomic mass is 10.0. The summed E-state index contributed by atoms with van der Waals surface area (Å²) in [6, 6.07) is 8.68. The van der Waals surface area contributed by atoms with Crippen LogP contribution in [-0.2, 0) is 9.53 Å². The summed E-state index contributed by atoms with van der Waals surface area (Å²) in [5, 5.41) is 0. The van der Waals surface area contributed by atoms with E-state index in [0.717, 1.165) is 0 Å². The molecule has 2 rings (SSSR count). The van der Waals surface area contributed by atoms with E-state index in [2.05, 4.69) is 4.98 Å². The van der Waals surface area contributed by atoms with Gasteiger partial charge in [0.2, 0.25) is 5.78 Å². The maximum Gasteiger partial charge on any atom is 0.306 e. The Morgan fingerprint density at radius 2 is 1.67 bits per heavy atom. The van der Waals surface area contributed by atoms with Gasteiger partial charge in [0.25, 0.3) is 0 Å². The number of H-pyrrole nitrogens is 1. The number of rotatable bonds is 8. The molecule has 6 nitrogen and oxygen atoms in total. The van der Waals surface area contributed by atoms with Gasteiger partial charge in [-0.05, 0) is 33.3 Å². The first-order valence-electron chi connectivity index (χ1n) is 8.74. The smallest absolute Gasteiger partial charge is 0.306 e. The summed E-state index contributed by atoms with van der Waals surface area (Å²) in [6.07, 6.45) is -1.10. The van der Waals surface area contributed by atoms with Gasteiger partial charge in [-0.3, -0.25) is 19.2 Å². The molecule has 0 aliphatic rings. The molecule has 0 aliphatic carbocycles. The number of esters is 1. The average Bonchev–Trinajstić information content (AvgIpc) is 2.94. The fourth-order valence-electron chi connectivity index (χ4n) is 3.02. The van der Waals surface area contributed by atoms with E-state index in [9.17, 15) is 19.2 Å². The molecule has 0 spiro atoms. The third-order valence-electron chi connectivity index (χ3n) is 4.37. The van der Waals surface area contributed by atoms with E-state index in [0.29, 0.717) is 22.4 Å². The molecule has 0 amide bonds. The highest BCUT2D eigenvalue weighted by Gasteiger charge is 2.26. The largest absolute Gasteiger partial charge is 0.454 e. The van der Waals surface area contributed by atoms with Crippen LogP contribution < -0.4 is 0 Å². The van der Waals surface area contributed by atoms with Gasteiger partial charge in [0, 0.05) is 23.2 Å². The molecule has 1 atom stereocenters. The summed E-state index contributed by atoms with van der Waals surface area (Å²) in [6.45, 7) is 6.31. The molecule has 1 N–H and O–H groups in total. The van der Waals surface area contributed by atoms with Gasteiger partial charge in [-0.15, -0.1) is 0 Å². The van der Waals surface area contributed by atoms with E-state index >= 15 is 0 Å². The summed E-state index contributed by atoms with van der Waals surface area (Å²) in [5.41, 5.74) is 2.43. The number of ketones is 3. The average molecular weight is 369 g/mol. The number of aromatic amines is 1. The zero-order valence-electron chi connectivity index (χ0n) is 15.9. The Morgan fingerprint density at radius 1 is 1.04 bits per heavy atom. The standard InChI is InChI=1S/C21H23NO5/c1-12-19(14(3)23)13(2)22-20(12)21(26)15(4)27-18(25)11-10-17(24)16-8-6-5-7-9-16/h5-9,15,22H,10-11H2,1-4H3/t15-/m1/s1. The van der Waals surface area contributed by atoms with Crippen LogP contribution in [-0.4, -0.2) is 34.4 Å². The summed E-state index contributed by atoms with van der Waals surface area (Å²) >= 11 is 0. The van der Waals surface area contributed by atoms with Gasteiger partial charge < -0.3 is 9.72 Å². The monoisotopic (exact) mass is 369 g/mol. The van der Waals surface area contributed by atoms with Gasteiger partial charge in [-0.2, -0.15) is 0 Å². The lowest BCUT2D eigenvalue weighted by Crippen LogP contribution is -2.25. The first-order chi connectivity index (χ1) is 12.7. The minimum absolute atomic E-state index is 0.0128. The van der Waals surface area contributed by atoms with Crippen molar-refractivity contribution in [2.45, 2.75) is 46.6 Å². The maximum atomic E-state index is 12.6. The van der Waals surface area contributed by atoms with Gasteiger partial charge in [0.05, 0.1) is 12.1 Å². The van der Waals surface area contributed by atoms with E-state index in [4.69, 9.17) is 4.74 Å². The number of carbonyl (C=O) groups excluding carboxylic acids is 4. The Labute approximate surface area is 157 Å². The van der Waals surface area contributed by atoms with Crippen LogP contribution in [0, 0.1) is 13.8 Å². The molecular formula is C21H23NO5. The van der Waals surface area contributed by atoms with Crippen molar-refractivity contribution in [2.75, 3.05) is 0 Å². The molecule has 1 aromatic heterocycles. The van der Waals surface area contributed by atoms with Crippen LogP contribution in [0.4, 0.5) is 0 Å². The molecule has 1 aromatic carbocycles. The van der Waals surface area contributed by atoms with Crippen molar-refractivity contribution in [1.82, 2.24) is 4.98 Å². The second kappa shape index (κ2) is 8.58. The van der Waals surface area contributed by atoms with Crippen LogP contribution >= 0.6 is 0 Å². The highest BCUT2D eigenvalue weighted by Crippen LogP contribution is 2.20. The fourth-order valence-corrected chi connectivity index (χ4v) is 3.02. The summed E-state index contributed by atoms with van der Waals surface area (Å²) < 4.78 is 5.17. The predicted octanol–water partition coefficient (Wildman–Crippen LogP) is 3.61. The SMILES string of the molecule is CC(=O)c1c(C)[nH]c(C(=O)[C@@H](C)OC(=O)CCC(=O)c2ccccc2)c1C. The molecule has 0 aliphatic heterocycles. The van der Waals surface area contributed by atoms with E-state index in [1.54, 1.807) is 44.2 Å². The molecule has 0 saturated carbocycles. The Balaban J connectivity index is 1.96. The number of ether oxygens (including phenoxy) is 1. The van der Waals surface area contributed by atoms with E-state index in [1.807, 2.05) is 0 Å². The van der Waals surface area contributed by atoms with E-state index < -0.39 is 17.9 Å². The van der Waals surface area contributed by atoms with Crippen molar-refractivity contribution >= 4 is 23.3 Å². The zero-order valence-corrected chi connectivity index (χ0v) is 15.9. The van der Waals surface area contributed by atoms with E-state index in [-0.39, 0.29) is 30.1 Å². The van der Waals surface area contributed by atoms with Crippen LogP contribution in [0.5, 0.6) is 0 Å². The summed E-state index contributed by atoms with van der Waals surface area (Å²) in [5.74, 6) is -1.32. The Morgan fingerprint density at radius 3 is 2.22 bits per heavy atom. The third-order valence-corrected chi connectivity index (χ3v) is 4.37. The number of Topliss-reactive ketones (excluding diaryl/α,β-unsaturated/α-hetero) is 3. The number of benzene rings is 1. The van der Waals surface area contributed by atoms with Crippen molar-refractivity contribution in [2.24, 2.45) is 0 Å². The molecule has 142 valence electrons. The highest BCUT2D eigenvalue weighted by atomic mass is 16.5. The molecule has 0 saturated heterocycles. The van der Waals surface area contributed by atoms with Gasteiger partial charge >= 0.3 is 5.97 Å². The second-order valence-corrected chi connectivity index (χ2v) is 6.47. The number of hydrogen-bond acceptors (Lipinski definition) is 5. The van der Waals surface area contributed by atoms with Crippen LogP contribution in [0.3, 0.4) is 0 Å². The number of hydrogen-bond donors (Lipinski definition) is 1. The predicted molar refractivity (Wildman–Crippen MR) is 100 cm³/mol. The zero-order chi connectivity index (χ0) is 20.1. The molecule has 1 heterocycles. The normalized spacial score (nSPS) is 11.7. The van der Waals surface area contributed by atoms with Crippen molar-refractivity contribution in [3.05, 3.63) is 58.4 Å². The van der Waals surface area contributed by atoms with Crippen LogP contribution in [0.2, 0.25) is 0 Å². The Bertz CT molecular complexity index is 879. The van der Waals surface area contributed by atoms with Gasteiger partial charge in [0.1, 0.15) is 0 Å². The van der Waals surface area contributed by atoms with Crippen LogP contribution in [0.1, 0.15) is 69.2 Å². The number of carbonyl (C=O) groups is 4. The van der Waals surface area contributed by atoms with Crippen LogP contribution in [0.25, 0.3) is 0 Å². The first kappa shape index (κ1) is 20.3. The minimum Gasteiger partial charge on any atom is -0.454 e. The maximum absolute atomic E-state index is 12.6. The number of aromatic nitrogens is 1. The molecule has 6 heteroatoms. The fraction of sp³-hybridized carbons (Fsp3) is 0.333. The quantitative estimate of drug-likeness (QED) is 0.567. The summed E-state index contributed by atoms with van der Waals surface area (Å²) in [7, 11) is 0. The minimum atomic E-state index is -1.01. The second-order valence-electron chi connectivity index (χ2n) is 6.47. The molecule has 0 fully saturated rings. The molecule has 27 heavy (non-hydrogen) atoms. The molecule has 0 radical (unpaired) electrons. The number of aryl methyl sites for hydroxylation is 1. The first-order valence-corrected chi connectivity index (χ1v) is 8.74. The van der Waals surface area contributed by atoms with Crippen molar-refractivity contribution < 1.29 is 23.9 Å². The lowest BCUT2D eigenvalue weighted by molar-refractivity contribution is -0.146. The molecule has 2 aromatic rings. The summed E-state index contributed by atoms with van der Waals surface area (Å²) in [4.78, 5) is 51.2. The van der Waals surface area contributed by atoms with Gasteiger partial charge in [0.15, 0.2) is 17.7 Å². The Hall–Kier alpha value is -3.02. The Kier molecular flexibility index (Phi) is 6.45.